The second-order valence-electron chi connectivity index (χ2n) is 3.99. The lowest BCUT2D eigenvalue weighted by molar-refractivity contribution is 0.627. The van der Waals surface area contributed by atoms with Crippen LogP contribution in [0.2, 0.25) is 0 Å². The molecule has 74 valence electrons. The third-order valence-electron chi connectivity index (χ3n) is 2.87. The molecule has 0 fully saturated rings. The van der Waals surface area contributed by atoms with Crippen LogP contribution in [0, 0.1) is 0 Å². The van der Waals surface area contributed by atoms with Crippen LogP contribution in [0.25, 0.3) is 0 Å². The highest BCUT2D eigenvalue weighted by atomic mass is 15.2. The first-order valence-electron chi connectivity index (χ1n) is 5.00. The fraction of sp³-hybridized carbons (Fsp3) is 0.417. The predicted molar refractivity (Wildman–Crippen MR) is 60.0 cm³/mol. The summed E-state index contributed by atoms with van der Waals surface area (Å²) in [6.07, 6.45) is 6.44. The zero-order valence-electron chi connectivity index (χ0n) is 9.20. The molecule has 2 aliphatic rings. The summed E-state index contributed by atoms with van der Waals surface area (Å²) in [5, 5.41) is 0. The number of fused-ring (bicyclic) bond motifs is 1. The van der Waals surface area contributed by atoms with Gasteiger partial charge in [-0.05, 0) is 51.0 Å². The van der Waals surface area contributed by atoms with Crippen molar-refractivity contribution in [2.24, 2.45) is 4.99 Å². The van der Waals surface area contributed by atoms with Gasteiger partial charge in [-0.3, -0.25) is 4.99 Å². The maximum absolute atomic E-state index is 4.58. The summed E-state index contributed by atoms with van der Waals surface area (Å²) in [7, 11) is 0. The van der Waals surface area contributed by atoms with Crippen molar-refractivity contribution >= 4 is 5.84 Å². The largest absolute Gasteiger partial charge is 0.306 e. The van der Waals surface area contributed by atoms with Gasteiger partial charge in [-0.15, -0.1) is 0 Å². The van der Waals surface area contributed by atoms with Crippen LogP contribution >= 0.6 is 0 Å². The molecule has 0 saturated carbocycles. The highest BCUT2D eigenvalue weighted by molar-refractivity contribution is 5.85. The van der Waals surface area contributed by atoms with Gasteiger partial charge in [-0.2, -0.15) is 0 Å². The summed E-state index contributed by atoms with van der Waals surface area (Å²) >= 11 is 0. The highest BCUT2D eigenvalue weighted by Gasteiger charge is 2.21. The summed E-state index contributed by atoms with van der Waals surface area (Å²) in [4.78, 5) is 6.73. The maximum Gasteiger partial charge on any atom is 0.105 e. The Labute approximate surface area is 85.3 Å². The van der Waals surface area contributed by atoms with Crippen LogP contribution in [-0.2, 0) is 0 Å². The Bertz CT molecular complexity index is 383. The number of hydrogen-bond acceptors (Lipinski definition) is 2. The Morgan fingerprint density at radius 2 is 2.00 bits per heavy atom. The maximum atomic E-state index is 4.58. The number of amidine groups is 1. The molecular weight excluding hydrogens is 172 g/mol. The van der Waals surface area contributed by atoms with Gasteiger partial charge in [0.25, 0.3) is 0 Å². The molecule has 2 heteroatoms. The van der Waals surface area contributed by atoms with Gasteiger partial charge in [0.2, 0.25) is 0 Å². The Kier molecular flexibility index (Phi) is 2.06. The number of aliphatic imine (C=N–C) groups is 1. The van der Waals surface area contributed by atoms with Gasteiger partial charge in [0, 0.05) is 11.9 Å². The molecule has 0 spiro atoms. The average Bonchev–Trinajstić information content (AvgIpc) is 2.14. The van der Waals surface area contributed by atoms with E-state index in [2.05, 4.69) is 55.9 Å². The molecule has 0 amide bonds. The van der Waals surface area contributed by atoms with Crippen molar-refractivity contribution < 1.29 is 0 Å². The summed E-state index contributed by atoms with van der Waals surface area (Å²) < 4.78 is 0. The molecule has 0 aliphatic carbocycles. The first-order chi connectivity index (χ1) is 6.59. The summed E-state index contributed by atoms with van der Waals surface area (Å²) in [6.45, 7) is 8.48. The van der Waals surface area contributed by atoms with Crippen molar-refractivity contribution in [1.29, 1.82) is 0 Å². The average molecular weight is 188 g/mol. The highest BCUT2D eigenvalue weighted by Crippen LogP contribution is 2.27. The topological polar surface area (TPSA) is 15.6 Å². The van der Waals surface area contributed by atoms with E-state index >= 15 is 0 Å². The number of rotatable bonds is 0. The van der Waals surface area contributed by atoms with Crippen molar-refractivity contribution in [2.75, 3.05) is 0 Å². The molecule has 0 aromatic rings. The fourth-order valence-corrected chi connectivity index (χ4v) is 1.85. The Morgan fingerprint density at radius 1 is 1.29 bits per heavy atom. The predicted octanol–water partition coefficient (Wildman–Crippen LogP) is 2.86. The summed E-state index contributed by atoms with van der Waals surface area (Å²) in [6, 6.07) is 0.316. The van der Waals surface area contributed by atoms with Crippen LogP contribution in [0.15, 0.2) is 40.2 Å². The minimum Gasteiger partial charge on any atom is -0.306 e. The van der Waals surface area contributed by atoms with Crippen molar-refractivity contribution in [3.05, 3.63) is 35.2 Å². The minimum atomic E-state index is 0.316. The van der Waals surface area contributed by atoms with E-state index in [9.17, 15) is 0 Å². The van der Waals surface area contributed by atoms with E-state index in [1.807, 2.05) is 0 Å². The molecule has 1 unspecified atom stereocenters. The number of hydrogen-bond donors (Lipinski definition) is 0. The zero-order valence-corrected chi connectivity index (χ0v) is 9.20. The van der Waals surface area contributed by atoms with Crippen LogP contribution < -0.4 is 0 Å². The van der Waals surface area contributed by atoms with Gasteiger partial charge in [-0.25, -0.2) is 0 Å². The third kappa shape index (κ3) is 1.31. The van der Waals surface area contributed by atoms with Crippen molar-refractivity contribution in [3.63, 3.8) is 0 Å². The molecule has 1 atom stereocenters. The van der Waals surface area contributed by atoms with E-state index in [4.69, 9.17) is 0 Å². The van der Waals surface area contributed by atoms with Crippen molar-refractivity contribution in [2.45, 2.75) is 33.7 Å². The lowest BCUT2D eigenvalue weighted by Crippen LogP contribution is -2.31. The van der Waals surface area contributed by atoms with Gasteiger partial charge in [-0.1, -0.05) is 0 Å². The van der Waals surface area contributed by atoms with Crippen LogP contribution in [0.1, 0.15) is 27.7 Å². The molecule has 0 N–H and O–H groups in total. The van der Waals surface area contributed by atoms with Gasteiger partial charge < -0.3 is 4.90 Å². The van der Waals surface area contributed by atoms with Crippen molar-refractivity contribution in [3.8, 4) is 0 Å². The van der Waals surface area contributed by atoms with Gasteiger partial charge in [0.15, 0.2) is 0 Å². The molecule has 14 heavy (non-hydrogen) atoms. The molecule has 2 aliphatic heterocycles. The first kappa shape index (κ1) is 9.25. The molecule has 0 radical (unpaired) electrons. The molecule has 2 heterocycles. The van der Waals surface area contributed by atoms with Crippen LogP contribution in [0.5, 0.6) is 0 Å². The molecule has 0 aromatic heterocycles. The second kappa shape index (κ2) is 3.12. The lowest BCUT2D eigenvalue weighted by Gasteiger charge is -2.32. The van der Waals surface area contributed by atoms with Gasteiger partial charge >= 0.3 is 0 Å². The fourth-order valence-electron chi connectivity index (χ4n) is 1.85. The lowest BCUT2D eigenvalue weighted by atomic mass is 10.0. The number of nitrogens with zero attached hydrogens (tertiary/aromatic N) is 2. The van der Waals surface area contributed by atoms with Crippen LogP contribution in [-0.4, -0.2) is 16.8 Å². The molecule has 2 nitrogen and oxygen atoms in total. The van der Waals surface area contributed by atoms with Gasteiger partial charge in [0.1, 0.15) is 5.84 Å². The molecule has 2 rings (SSSR count). The smallest absolute Gasteiger partial charge is 0.105 e. The molecular formula is C12H16N2. The second-order valence-corrected chi connectivity index (χ2v) is 3.99. The quantitative estimate of drug-likeness (QED) is 0.570. The SMILES string of the molecule is CC1=CC2=C(C)C(C)N=C(C)N2C=C1. The van der Waals surface area contributed by atoms with Gasteiger partial charge in [0.05, 0.1) is 6.04 Å². The Hall–Kier alpha value is -1.31. The third-order valence-corrected chi connectivity index (χ3v) is 2.87. The molecule has 0 saturated heterocycles. The monoisotopic (exact) mass is 188 g/mol. The van der Waals surface area contributed by atoms with E-state index in [1.54, 1.807) is 0 Å². The Balaban J connectivity index is 2.49. The minimum absolute atomic E-state index is 0.316. The van der Waals surface area contributed by atoms with E-state index in [-0.39, 0.29) is 0 Å². The zero-order chi connectivity index (χ0) is 10.3. The normalized spacial score (nSPS) is 26.0. The van der Waals surface area contributed by atoms with E-state index in [0.717, 1.165) is 5.84 Å². The van der Waals surface area contributed by atoms with E-state index in [0.29, 0.717) is 6.04 Å². The van der Waals surface area contributed by atoms with Crippen molar-refractivity contribution in [1.82, 2.24) is 4.90 Å². The summed E-state index contributed by atoms with van der Waals surface area (Å²) in [5.41, 5.74) is 3.95. The van der Waals surface area contributed by atoms with Crippen LogP contribution in [0.3, 0.4) is 0 Å². The molecule has 0 aromatic carbocycles. The first-order valence-corrected chi connectivity index (χ1v) is 5.00. The molecule has 0 bridgehead atoms. The standard InChI is InChI=1S/C12H16N2/c1-8-5-6-14-11(4)13-10(3)9(2)12(14)7-8/h5-7,10H,1-4H3. The Morgan fingerprint density at radius 3 is 2.71 bits per heavy atom. The van der Waals surface area contributed by atoms with E-state index in [1.165, 1.54) is 16.8 Å². The van der Waals surface area contributed by atoms with E-state index < -0.39 is 0 Å². The summed E-state index contributed by atoms with van der Waals surface area (Å²) in [5.74, 6) is 1.08. The van der Waals surface area contributed by atoms with Crippen LogP contribution in [0.4, 0.5) is 0 Å². The number of allylic oxidation sites excluding steroid dienone is 3.